The van der Waals surface area contributed by atoms with Crippen LogP contribution >= 0.6 is 0 Å². The molecule has 0 heterocycles. The lowest BCUT2D eigenvalue weighted by Crippen LogP contribution is -2.45. The quantitative estimate of drug-likeness (QED) is 0.0321. The molecule has 0 rings (SSSR count). The van der Waals surface area contributed by atoms with E-state index < -0.39 is 12.1 Å². The molecule has 2 atom stereocenters. The zero-order valence-electron chi connectivity index (χ0n) is 44.4. The number of rotatable bonds is 55. The summed E-state index contributed by atoms with van der Waals surface area (Å²) in [6.45, 7) is 4.90. The van der Waals surface area contributed by atoms with Crippen LogP contribution in [0.3, 0.4) is 0 Å². The third-order valence-corrected chi connectivity index (χ3v) is 13.7. The summed E-state index contributed by atoms with van der Waals surface area (Å²) in [6.07, 6.45) is 67.7. The second-order valence-electron chi connectivity index (χ2n) is 20.3. The van der Waals surface area contributed by atoms with E-state index in [1.165, 1.54) is 250 Å². The van der Waals surface area contributed by atoms with Gasteiger partial charge in [-0.1, -0.05) is 276 Å². The molecule has 0 aliphatic rings. The number of carbonyl (C=O) groups excluding carboxylic acids is 2. The van der Waals surface area contributed by atoms with Crippen LogP contribution in [0.2, 0.25) is 0 Å². The van der Waals surface area contributed by atoms with Crippen LogP contribution in [0.4, 0.5) is 0 Å². The van der Waals surface area contributed by atoms with Crippen LogP contribution < -0.4 is 5.32 Å². The van der Waals surface area contributed by atoms with Crippen LogP contribution in [0.15, 0.2) is 24.3 Å². The number of hydrogen-bond acceptors (Lipinski definition) is 5. The van der Waals surface area contributed by atoms with E-state index in [9.17, 15) is 19.8 Å². The Morgan fingerprint density at radius 3 is 1.08 bits per heavy atom. The summed E-state index contributed by atoms with van der Waals surface area (Å²) >= 11 is 0. The first kappa shape index (κ1) is 64.3. The van der Waals surface area contributed by atoms with Crippen molar-refractivity contribution in [2.75, 3.05) is 13.2 Å². The average Bonchev–Trinajstić information content (AvgIpc) is 3.32. The van der Waals surface area contributed by atoms with Crippen molar-refractivity contribution in [2.45, 2.75) is 334 Å². The molecule has 0 saturated heterocycles. The highest BCUT2D eigenvalue weighted by Crippen LogP contribution is 2.17. The van der Waals surface area contributed by atoms with E-state index in [1.54, 1.807) is 6.08 Å². The predicted molar refractivity (Wildman–Crippen MR) is 287 cm³/mol. The molecule has 0 aliphatic heterocycles. The van der Waals surface area contributed by atoms with Crippen LogP contribution in [0.1, 0.15) is 322 Å². The van der Waals surface area contributed by atoms with Crippen molar-refractivity contribution in [2.24, 2.45) is 0 Å². The molecule has 0 radical (unpaired) electrons. The summed E-state index contributed by atoms with van der Waals surface area (Å²) in [5, 5.41) is 23.1. The third-order valence-electron chi connectivity index (χ3n) is 13.7. The average molecular weight is 931 g/mol. The Kier molecular flexibility index (Phi) is 54.5. The van der Waals surface area contributed by atoms with Crippen molar-refractivity contribution in [3.63, 3.8) is 0 Å². The summed E-state index contributed by atoms with van der Waals surface area (Å²) in [5.74, 6) is -0.0747. The second-order valence-corrected chi connectivity index (χ2v) is 20.3. The number of unbranched alkanes of at least 4 members (excludes halogenated alkanes) is 42. The molecule has 0 fully saturated rings. The van der Waals surface area contributed by atoms with E-state index in [2.05, 4.69) is 31.3 Å². The number of aliphatic hydroxyl groups is 2. The number of hydrogen-bond donors (Lipinski definition) is 3. The maximum absolute atomic E-state index is 12.5. The van der Waals surface area contributed by atoms with Crippen molar-refractivity contribution in [3.05, 3.63) is 24.3 Å². The van der Waals surface area contributed by atoms with Gasteiger partial charge in [-0.05, 0) is 57.8 Å². The van der Waals surface area contributed by atoms with Crippen molar-refractivity contribution in [1.82, 2.24) is 5.32 Å². The number of nitrogens with one attached hydrogen (secondary N) is 1. The molecule has 0 aliphatic carbocycles. The van der Waals surface area contributed by atoms with Crippen molar-refractivity contribution in [3.8, 4) is 0 Å². The minimum Gasteiger partial charge on any atom is -0.466 e. The normalized spacial score (nSPS) is 12.7. The highest BCUT2D eigenvalue weighted by atomic mass is 16.5. The second kappa shape index (κ2) is 55.9. The van der Waals surface area contributed by atoms with Crippen LogP contribution in [0, 0.1) is 0 Å². The first-order chi connectivity index (χ1) is 32.5. The number of allylic oxidation sites excluding steroid dienone is 3. The van der Waals surface area contributed by atoms with Gasteiger partial charge in [0.05, 0.1) is 25.4 Å². The summed E-state index contributed by atoms with van der Waals surface area (Å²) in [4.78, 5) is 24.5. The Morgan fingerprint density at radius 1 is 0.409 bits per heavy atom. The monoisotopic (exact) mass is 930 g/mol. The third kappa shape index (κ3) is 51.7. The molecule has 3 N–H and O–H groups in total. The number of ether oxygens (including phenoxy) is 1. The Labute approximate surface area is 411 Å². The van der Waals surface area contributed by atoms with Gasteiger partial charge in [0.25, 0.3) is 0 Å². The van der Waals surface area contributed by atoms with E-state index in [0.717, 1.165) is 44.9 Å². The predicted octanol–water partition coefficient (Wildman–Crippen LogP) is 18.2. The largest absolute Gasteiger partial charge is 0.466 e. The maximum Gasteiger partial charge on any atom is 0.305 e. The fourth-order valence-corrected chi connectivity index (χ4v) is 9.16. The highest BCUT2D eigenvalue weighted by Gasteiger charge is 2.18. The Hall–Kier alpha value is -1.66. The van der Waals surface area contributed by atoms with Crippen LogP contribution in [-0.4, -0.2) is 47.4 Å². The van der Waals surface area contributed by atoms with Crippen molar-refractivity contribution in [1.29, 1.82) is 0 Å². The summed E-state index contributed by atoms with van der Waals surface area (Å²) in [6, 6.07) is -0.632. The molecule has 390 valence electrons. The van der Waals surface area contributed by atoms with Crippen LogP contribution in [0.25, 0.3) is 0 Å². The van der Waals surface area contributed by atoms with Gasteiger partial charge in [0.1, 0.15) is 0 Å². The van der Waals surface area contributed by atoms with Crippen molar-refractivity contribution < 1.29 is 24.5 Å². The van der Waals surface area contributed by atoms with E-state index in [0.29, 0.717) is 19.4 Å². The molecule has 6 heteroatoms. The van der Waals surface area contributed by atoms with Gasteiger partial charge < -0.3 is 20.3 Å². The van der Waals surface area contributed by atoms with Gasteiger partial charge >= 0.3 is 5.97 Å². The zero-order chi connectivity index (χ0) is 47.9. The minimum atomic E-state index is -0.848. The molecular weight excluding hydrogens is 815 g/mol. The lowest BCUT2D eigenvalue weighted by molar-refractivity contribution is -0.143. The van der Waals surface area contributed by atoms with E-state index in [-0.39, 0.29) is 18.5 Å². The molecule has 6 nitrogen and oxygen atoms in total. The summed E-state index contributed by atoms with van der Waals surface area (Å²) < 4.78 is 5.47. The fraction of sp³-hybridized carbons (Fsp3) is 0.900. The molecule has 0 aromatic rings. The minimum absolute atomic E-state index is 0.00315. The molecule has 0 saturated carbocycles. The standard InChI is InChI=1S/C60H115NO5/c1-3-5-7-9-11-13-15-17-19-21-25-28-32-36-40-44-48-52-58(63)57(56-62)61-59(64)53-49-45-41-37-33-29-26-22-20-23-27-31-35-39-43-47-51-55-66-60(65)54-50-46-42-38-34-30-24-18-16-14-12-10-8-6-4-2/h18,24,48,52,57-58,62-63H,3-17,19-23,25-47,49-51,53-56H2,1-2H3,(H,61,64)/b24-18-,52-48+. The lowest BCUT2D eigenvalue weighted by Gasteiger charge is -2.20. The van der Waals surface area contributed by atoms with Gasteiger partial charge in [0.2, 0.25) is 5.91 Å². The van der Waals surface area contributed by atoms with E-state index in [4.69, 9.17) is 4.74 Å². The van der Waals surface area contributed by atoms with Gasteiger partial charge in [-0.25, -0.2) is 0 Å². The Bertz CT molecular complexity index is 1030. The Balaban J connectivity index is 3.44. The molecule has 66 heavy (non-hydrogen) atoms. The lowest BCUT2D eigenvalue weighted by atomic mass is 10.0. The molecular formula is C60H115NO5. The first-order valence-corrected chi connectivity index (χ1v) is 29.6. The molecule has 1 amide bonds. The molecule has 0 aromatic carbocycles. The molecule has 2 unspecified atom stereocenters. The van der Waals surface area contributed by atoms with Gasteiger partial charge in [-0.15, -0.1) is 0 Å². The summed E-state index contributed by atoms with van der Waals surface area (Å²) in [5.41, 5.74) is 0. The van der Waals surface area contributed by atoms with Crippen molar-refractivity contribution >= 4 is 11.9 Å². The number of aliphatic hydroxyl groups excluding tert-OH is 2. The molecule has 0 bridgehead atoms. The SMILES string of the molecule is CCCCCCCC/C=C\CCCCCCCC(=O)OCCCCCCCCCCCCCCCCCCCC(=O)NC(CO)C(O)/C=C/CCCCCCCCCCCCCCCCC. The van der Waals surface area contributed by atoms with Gasteiger partial charge in [-0.2, -0.15) is 0 Å². The van der Waals surface area contributed by atoms with Crippen LogP contribution in [-0.2, 0) is 14.3 Å². The smallest absolute Gasteiger partial charge is 0.305 e. The number of esters is 1. The fourth-order valence-electron chi connectivity index (χ4n) is 9.16. The Morgan fingerprint density at radius 2 is 0.712 bits per heavy atom. The first-order valence-electron chi connectivity index (χ1n) is 29.6. The van der Waals surface area contributed by atoms with Crippen LogP contribution in [0.5, 0.6) is 0 Å². The van der Waals surface area contributed by atoms with E-state index in [1.807, 2.05) is 6.08 Å². The zero-order valence-corrected chi connectivity index (χ0v) is 44.4. The number of carbonyl (C=O) groups is 2. The van der Waals surface area contributed by atoms with Gasteiger partial charge in [0.15, 0.2) is 0 Å². The number of amides is 1. The highest BCUT2D eigenvalue weighted by molar-refractivity contribution is 5.76. The topological polar surface area (TPSA) is 95.9 Å². The van der Waals surface area contributed by atoms with E-state index >= 15 is 0 Å². The molecule has 0 aromatic heterocycles. The maximum atomic E-state index is 12.5. The molecule has 0 spiro atoms. The summed E-state index contributed by atoms with van der Waals surface area (Å²) in [7, 11) is 0. The van der Waals surface area contributed by atoms with Gasteiger partial charge in [0, 0.05) is 12.8 Å². The van der Waals surface area contributed by atoms with Gasteiger partial charge in [-0.3, -0.25) is 9.59 Å².